The SMILES string of the molecule is CCOCCC1(CNC(=NC)NCc2cccnc2N2CCOCC2)CCCC1.I. The zero-order chi connectivity index (χ0) is 20.4. The molecule has 0 amide bonds. The van der Waals surface area contributed by atoms with Crippen LogP contribution in [0.25, 0.3) is 0 Å². The first-order chi connectivity index (χ1) is 14.3. The van der Waals surface area contributed by atoms with Crippen LogP contribution >= 0.6 is 24.0 Å². The van der Waals surface area contributed by atoms with Crippen molar-refractivity contribution in [3.63, 3.8) is 0 Å². The number of nitrogens with zero attached hydrogens (tertiary/aromatic N) is 3. The number of morpholine rings is 1. The highest BCUT2D eigenvalue weighted by atomic mass is 127. The predicted octanol–water partition coefficient (Wildman–Crippen LogP) is 3.19. The predicted molar refractivity (Wildman–Crippen MR) is 133 cm³/mol. The molecule has 1 saturated carbocycles. The molecule has 2 heterocycles. The van der Waals surface area contributed by atoms with E-state index in [1.165, 1.54) is 31.2 Å². The van der Waals surface area contributed by atoms with E-state index in [0.29, 0.717) is 12.0 Å². The van der Waals surface area contributed by atoms with E-state index in [1.807, 2.05) is 19.3 Å². The Hall–Kier alpha value is -1.13. The molecule has 7 nitrogen and oxygen atoms in total. The lowest BCUT2D eigenvalue weighted by atomic mass is 9.83. The van der Waals surface area contributed by atoms with E-state index in [-0.39, 0.29) is 24.0 Å². The van der Waals surface area contributed by atoms with Gasteiger partial charge in [-0.1, -0.05) is 18.9 Å². The Kier molecular flexibility index (Phi) is 11.2. The van der Waals surface area contributed by atoms with Gasteiger partial charge in [-0.15, -0.1) is 24.0 Å². The van der Waals surface area contributed by atoms with E-state index in [2.05, 4.69) is 38.5 Å². The minimum absolute atomic E-state index is 0. The van der Waals surface area contributed by atoms with Gasteiger partial charge in [0.15, 0.2) is 5.96 Å². The monoisotopic (exact) mass is 531 g/mol. The summed E-state index contributed by atoms with van der Waals surface area (Å²) in [5, 5.41) is 7.06. The fraction of sp³-hybridized carbons (Fsp3) is 0.727. The normalized spacial score (nSPS) is 18.7. The number of rotatable bonds is 9. The Bertz CT molecular complexity index is 646. The highest BCUT2D eigenvalue weighted by molar-refractivity contribution is 14.0. The number of guanidine groups is 1. The van der Waals surface area contributed by atoms with E-state index >= 15 is 0 Å². The lowest BCUT2D eigenvalue weighted by molar-refractivity contribution is 0.105. The van der Waals surface area contributed by atoms with Crippen molar-refractivity contribution >= 4 is 35.8 Å². The lowest BCUT2D eigenvalue weighted by Crippen LogP contribution is -2.43. The second-order valence-electron chi connectivity index (χ2n) is 8.02. The molecule has 0 atom stereocenters. The van der Waals surface area contributed by atoms with E-state index in [1.54, 1.807) is 0 Å². The van der Waals surface area contributed by atoms with Crippen LogP contribution in [-0.4, -0.2) is 64.1 Å². The summed E-state index contributed by atoms with van der Waals surface area (Å²) in [5.41, 5.74) is 1.52. The summed E-state index contributed by atoms with van der Waals surface area (Å²) < 4.78 is 11.1. The molecule has 170 valence electrons. The Balaban J connectivity index is 0.00000320. The molecule has 0 spiro atoms. The highest BCUT2D eigenvalue weighted by Crippen LogP contribution is 2.40. The number of anilines is 1. The molecule has 2 N–H and O–H groups in total. The number of halogens is 1. The van der Waals surface area contributed by atoms with Gasteiger partial charge in [-0.2, -0.15) is 0 Å². The van der Waals surface area contributed by atoms with Gasteiger partial charge in [-0.05, 0) is 37.7 Å². The molecule has 2 aliphatic rings. The summed E-state index contributed by atoms with van der Waals surface area (Å²) in [4.78, 5) is 11.4. The van der Waals surface area contributed by atoms with Gasteiger partial charge < -0.3 is 25.0 Å². The molecule has 0 aromatic carbocycles. The van der Waals surface area contributed by atoms with E-state index in [4.69, 9.17) is 9.47 Å². The average Bonchev–Trinajstić information content (AvgIpc) is 3.24. The molecular formula is C22H38IN5O2. The quantitative estimate of drug-likeness (QED) is 0.221. The molecular weight excluding hydrogens is 493 g/mol. The number of hydrogen-bond donors (Lipinski definition) is 2. The Morgan fingerprint density at radius 1 is 1.27 bits per heavy atom. The summed E-state index contributed by atoms with van der Waals surface area (Å²) in [7, 11) is 1.84. The first-order valence-electron chi connectivity index (χ1n) is 11.1. The van der Waals surface area contributed by atoms with Crippen molar-refractivity contribution in [3.05, 3.63) is 23.9 Å². The number of hydrogen-bond acceptors (Lipinski definition) is 5. The van der Waals surface area contributed by atoms with Crippen LogP contribution in [0, 0.1) is 5.41 Å². The first kappa shape index (κ1) is 25.1. The lowest BCUT2D eigenvalue weighted by Gasteiger charge is -2.31. The minimum Gasteiger partial charge on any atom is -0.382 e. The van der Waals surface area contributed by atoms with E-state index < -0.39 is 0 Å². The van der Waals surface area contributed by atoms with Gasteiger partial charge in [0.2, 0.25) is 0 Å². The third-order valence-corrected chi connectivity index (χ3v) is 6.12. The van der Waals surface area contributed by atoms with Crippen molar-refractivity contribution < 1.29 is 9.47 Å². The summed E-state index contributed by atoms with van der Waals surface area (Å²) in [5.74, 6) is 1.90. The summed E-state index contributed by atoms with van der Waals surface area (Å²) in [6.45, 7) is 8.65. The van der Waals surface area contributed by atoms with Gasteiger partial charge >= 0.3 is 0 Å². The van der Waals surface area contributed by atoms with Crippen molar-refractivity contribution in [1.82, 2.24) is 15.6 Å². The van der Waals surface area contributed by atoms with Gasteiger partial charge in [-0.25, -0.2) is 4.98 Å². The molecule has 3 rings (SSSR count). The third-order valence-electron chi connectivity index (χ3n) is 6.12. The second-order valence-corrected chi connectivity index (χ2v) is 8.02. The van der Waals surface area contributed by atoms with Gasteiger partial charge in [0.05, 0.1) is 13.2 Å². The maximum absolute atomic E-state index is 5.64. The van der Waals surface area contributed by atoms with Crippen molar-refractivity contribution in [2.75, 3.05) is 58.0 Å². The second kappa shape index (κ2) is 13.3. The van der Waals surface area contributed by atoms with E-state index in [0.717, 1.165) is 64.3 Å². The molecule has 1 saturated heterocycles. The van der Waals surface area contributed by atoms with Crippen molar-refractivity contribution in [2.45, 2.75) is 45.6 Å². The molecule has 0 unspecified atom stereocenters. The smallest absolute Gasteiger partial charge is 0.191 e. The summed E-state index contributed by atoms with van der Waals surface area (Å²) >= 11 is 0. The van der Waals surface area contributed by atoms with Crippen LogP contribution in [-0.2, 0) is 16.0 Å². The molecule has 30 heavy (non-hydrogen) atoms. The highest BCUT2D eigenvalue weighted by Gasteiger charge is 2.33. The molecule has 1 aromatic rings. The molecule has 1 aromatic heterocycles. The molecule has 2 fully saturated rings. The van der Waals surface area contributed by atoms with Crippen molar-refractivity contribution in [3.8, 4) is 0 Å². The molecule has 8 heteroatoms. The number of aliphatic imine (C=N–C) groups is 1. The Morgan fingerprint density at radius 2 is 2.03 bits per heavy atom. The zero-order valence-electron chi connectivity index (χ0n) is 18.5. The Labute approximate surface area is 198 Å². The maximum atomic E-state index is 5.64. The van der Waals surface area contributed by atoms with Crippen LogP contribution in [0.1, 0.15) is 44.6 Å². The van der Waals surface area contributed by atoms with Crippen LogP contribution in [0.3, 0.4) is 0 Å². The van der Waals surface area contributed by atoms with Gasteiger partial charge in [0, 0.05) is 58.2 Å². The van der Waals surface area contributed by atoms with Gasteiger partial charge in [-0.3, -0.25) is 4.99 Å². The Morgan fingerprint density at radius 3 is 2.73 bits per heavy atom. The largest absolute Gasteiger partial charge is 0.382 e. The fourth-order valence-electron chi connectivity index (χ4n) is 4.37. The first-order valence-corrected chi connectivity index (χ1v) is 11.1. The number of pyridine rings is 1. The van der Waals surface area contributed by atoms with Gasteiger partial charge in [0.1, 0.15) is 5.82 Å². The zero-order valence-corrected chi connectivity index (χ0v) is 20.8. The summed E-state index contributed by atoms with van der Waals surface area (Å²) in [6.07, 6.45) is 8.16. The van der Waals surface area contributed by atoms with Crippen LogP contribution in [0.5, 0.6) is 0 Å². The van der Waals surface area contributed by atoms with Crippen molar-refractivity contribution in [1.29, 1.82) is 0 Å². The van der Waals surface area contributed by atoms with Crippen LogP contribution in [0.4, 0.5) is 5.82 Å². The van der Waals surface area contributed by atoms with Gasteiger partial charge in [0.25, 0.3) is 0 Å². The fourth-order valence-corrected chi connectivity index (χ4v) is 4.37. The molecule has 1 aliphatic carbocycles. The van der Waals surface area contributed by atoms with Crippen molar-refractivity contribution in [2.24, 2.45) is 10.4 Å². The summed E-state index contributed by atoms with van der Waals surface area (Å²) in [6, 6.07) is 4.14. The molecule has 0 radical (unpaired) electrons. The maximum Gasteiger partial charge on any atom is 0.191 e. The standard InChI is InChI=1S/C22H37N5O2.HI/c1-3-28-14-10-22(8-4-5-9-22)18-26-21(23-2)25-17-19-7-6-11-24-20(19)27-12-15-29-16-13-27;/h6-7,11H,3-5,8-10,12-18H2,1-2H3,(H2,23,25,26);1H. The number of nitrogens with one attached hydrogen (secondary N) is 2. The van der Waals surface area contributed by atoms with Crippen LogP contribution in [0.2, 0.25) is 0 Å². The molecule has 1 aliphatic heterocycles. The number of ether oxygens (including phenoxy) is 2. The third kappa shape index (κ3) is 7.23. The topological polar surface area (TPSA) is 71.0 Å². The van der Waals surface area contributed by atoms with Crippen LogP contribution in [0.15, 0.2) is 23.3 Å². The number of aromatic nitrogens is 1. The average molecular weight is 531 g/mol. The van der Waals surface area contributed by atoms with E-state index in [9.17, 15) is 0 Å². The van der Waals surface area contributed by atoms with Crippen LogP contribution < -0.4 is 15.5 Å². The molecule has 0 bridgehead atoms. The minimum atomic E-state index is 0.